The quantitative estimate of drug-likeness (QED) is 0.558. The van der Waals surface area contributed by atoms with Crippen LogP contribution in [0.5, 0.6) is 0 Å². The summed E-state index contributed by atoms with van der Waals surface area (Å²) in [4.78, 5) is 14.5. The summed E-state index contributed by atoms with van der Waals surface area (Å²) in [5.74, 6) is 0.610. The normalized spacial score (nSPS) is 15.8. The SMILES string of the molecule is CCC(C)(CNC(=O)c1noc(CI)c1C)C(C)N(C)C. The number of halogens is 1. The number of rotatable bonds is 7. The molecule has 0 bridgehead atoms. The molecule has 0 aliphatic carbocycles. The highest BCUT2D eigenvalue weighted by Crippen LogP contribution is 2.27. The molecule has 6 heteroatoms. The minimum Gasteiger partial charge on any atom is -0.359 e. The molecule has 1 N–H and O–H groups in total. The van der Waals surface area contributed by atoms with E-state index >= 15 is 0 Å². The summed E-state index contributed by atoms with van der Waals surface area (Å²) in [7, 11) is 4.13. The van der Waals surface area contributed by atoms with Crippen molar-refractivity contribution in [3.8, 4) is 0 Å². The third-order valence-electron chi connectivity index (χ3n) is 4.60. The molecule has 0 aliphatic rings. The molecule has 1 amide bonds. The zero-order valence-corrected chi connectivity index (χ0v) is 15.9. The summed E-state index contributed by atoms with van der Waals surface area (Å²) in [6, 6.07) is 0.367. The van der Waals surface area contributed by atoms with Crippen LogP contribution in [0.2, 0.25) is 0 Å². The zero-order chi connectivity index (χ0) is 16.2. The number of alkyl halides is 1. The van der Waals surface area contributed by atoms with Gasteiger partial charge in [-0.25, -0.2) is 0 Å². The number of hydrogen-bond acceptors (Lipinski definition) is 4. The lowest BCUT2D eigenvalue weighted by Gasteiger charge is -2.38. The van der Waals surface area contributed by atoms with Crippen molar-refractivity contribution in [2.24, 2.45) is 5.41 Å². The molecule has 1 heterocycles. The molecule has 1 rings (SSSR count). The molecule has 0 aromatic carbocycles. The summed E-state index contributed by atoms with van der Waals surface area (Å²) in [6.45, 7) is 9.03. The van der Waals surface area contributed by atoms with Gasteiger partial charge in [0.15, 0.2) is 5.69 Å². The van der Waals surface area contributed by atoms with Gasteiger partial charge in [0.05, 0.1) is 4.43 Å². The monoisotopic (exact) mass is 407 g/mol. The van der Waals surface area contributed by atoms with Gasteiger partial charge in [0.1, 0.15) is 5.76 Å². The average molecular weight is 407 g/mol. The van der Waals surface area contributed by atoms with E-state index < -0.39 is 0 Å². The van der Waals surface area contributed by atoms with Gasteiger partial charge >= 0.3 is 0 Å². The lowest BCUT2D eigenvalue weighted by Crippen LogP contribution is -2.47. The van der Waals surface area contributed by atoms with E-state index in [2.05, 4.69) is 72.8 Å². The van der Waals surface area contributed by atoms with Crippen LogP contribution in [0, 0.1) is 12.3 Å². The number of carbonyl (C=O) groups excluding carboxylic acids is 1. The van der Waals surface area contributed by atoms with E-state index in [1.54, 1.807) is 0 Å². The molecule has 5 nitrogen and oxygen atoms in total. The van der Waals surface area contributed by atoms with Crippen LogP contribution < -0.4 is 5.32 Å². The standard InChI is InChI=1S/C15H26IN3O2/c1-7-15(4,11(3)19(5)6)9-17-14(20)13-10(2)12(8-16)21-18-13/h11H,7-9H2,1-6H3,(H,17,20). The first-order valence-electron chi connectivity index (χ1n) is 7.22. The van der Waals surface area contributed by atoms with Crippen LogP contribution in [0.4, 0.5) is 0 Å². The Labute approximate surface area is 141 Å². The molecule has 21 heavy (non-hydrogen) atoms. The summed E-state index contributed by atoms with van der Waals surface area (Å²) >= 11 is 2.20. The van der Waals surface area contributed by atoms with Crippen molar-refractivity contribution in [3.63, 3.8) is 0 Å². The highest BCUT2D eigenvalue weighted by Gasteiger charge is 2.32. The Bertz CT molecular complexity index is 487. The van der Waals surface area contributed by atoms with Crippen molar-refractivity contribution >= 4 is 28.5 Å². The fraction of sp³-hybridized carbons (Fsp3) is 0.733. The van der Waals surface area contributed by atoms with Gasteiger partial charge in [-0.1, -0.05) is 41.6 Å². The Morgan fingerprint density at radius 1 is 1.52 bits per heavy atom. The van der Waals surface area contributed by atoms with E-state index in [4.69, 9.17) is 4.52 Å². The Morgan fingerprint density at radius 3 is 2.57 bits per heavy atom. The predicted octanol–water partition coefficient (Wildman–Crippen LogP) is 3.01. The number of carbonyl (C=O) groups is 1. The molecule has 1 aromatic rings. The van der Waals surface area contributed by atoms with Crippen LogP contribution in [0.25, 0.3) is 0 Å². The first-order valence-corrected chi connectivity index (χ1v) is 8.75. The number of hydrogen-bond donors (Lipinski definition) is 1. The van der Waals surface area contributed by atoms with E-state index in [9.17, 15) is 4.79 Å². The van der Waals surface area contributed by atoms with Gasteiger partial charge in [0, 0.05) is 18.2 Å². The number of aromatic nitrogens is 1. The topological polar surface area (TPSA) is 58.4 Å². The van der Waals surface area contributed by atoms with Gasteiger partial charge in [0.25, 0.3) is 5.91 Å². The van der Waals surface area contributed by atoms with Crippen LogP contribution in [0.15, 0.2) is 4.52 Å². The van der Waals surface area contributed by atoms with Gasteiger partial charge in [-0.05, 0) is 39.8 Å². The highest BCUT2D eigenvalue weighted by molar-refractivity contribution is 14.1. The second-order valence-electron chi connectivity index (χ2n) is 6.04. The molecule has 0 aliphatic heterocycles. The van der Waals surface area contributed by atoms with Crippen LogP contribution in [-0.4, -0.2) is 42.6 Å². The Morgan fingerprint density at radius 2 is 2.14 bits per heavy atom. The van der Waals surface area contributed by atoms with E-state index in [1.807, 2.05) is 6.92 Å². The van der Waals surface area contributed by atoms with Crippen LogP contribution in [0.1, 0.15) is 49.0 Å². The summed E-state index contributed by atoms with van der Waals surface area (Å²) < 4.78 is 5.90. The molecule has 0 saturated heterocycles. The molecule has 0 radical (unpaired) electrons. The predicted molar refractivity (Wildman–Crippen MR) is 92.8 cm³/mol. The molecule has 1 aromatic heterocycles. The van der Waals surface area contributed by atoms with E-state index in [0.29, 0.717) is 22.7 Å². The first kappa shape index (κ1) is 18.4. The maximum atomic E-state index is 12.3. The van der Waals surface area contributed by atoms with Crippen molar-refractivity contribution in [1.29, 1.82) is 0 Å². The third kappa shape index (κ3) is 4.18. The van der Waals surface area contributed by atoms with Gasteiger partial charge in [0.2, 0.25) is 0 Å². The summed E-state index contributed by atoms with van der Waals surface area (Å²) in [6.07, 6.45) is 0.990. The minimum absolute atomic E-state index is 0.0168. The van der Waals surface area contributed by atoms with Crippen LogP contribution in [-0.2, 0) is 4.43 Å². The van der Waals surface area contributed by atoms with Crippen molar-refractivity contribution in [1.82, 2.24) is 15.4 Å². The van der Waals surface area contributed by atoms with Crippen molar-refractivity contribution in [2.45, 2.75) is 44.6 Å². The largest absolute Gasteiger partial charge is 0.359 e. The van der Waals surface area contributed by atoms with Gasteiger partial charge in [-0.3, -0.25) is 4.79 Å². The van der Waals surface area contributed by atoms with Crippen molar-refractivity contribution in [3.05, 3.63) is 17.0 Å². The van der Waals surface area contributed by atoms with Gasteiger partial charge in [-0.15, -0.1) is 0 Å². The number of amides is 1. The molecule has 2 atom stereocenters. The molecule has 0 spiro atoms. The molecular formula is C15H26IN3O2. The van der Waals surface area contributed by atoms with E-state index in [-0.39, 0.29) is 11.3 Å². The molecular weight excluding hydrogens is 381 g/mol. The second-order valence-corrected chi connectivity index (χ2v) is 6.81. The lowest BCUT2D eigenvalue weighted by molar-refractivity contribution is 0.0862. The highest BCUT2D eigenvalue weighted by atomic mass is 127. The lowest BCUT2D eigenvalue weighted by atomic mass is 9.80. The van der Waals surface area contributed by atoms with E-state index in [0.717, 1.165) is 17.7 Å². The number of nitrogens with zero attached hydrogens (tertiary/aromatic N) is 2. The zero-order valence-electron chi connectivity index (χ0n) is 13.8. The van der Waals surface area contributed by atoms with Gasteiger partial charge < -0.3 is 14.7 Å². The molecule has 2 unspecified atom stereocenters. The second kappa shape index (κ2) is 7.58. The molecule has 0 saturated carbocycles. The smallest absolute Gasteiger partial charge is 0.273 e. The van der Waals surface area contributed by atoms with Crippen molar-refractivity contribution < 1.29 is 9.32 Å². The van der Waals surface area contributed by atoms with Gasteiger partial charge in [-0.2, -0.15) is 0 Å². The summed E-state index contributed by atoms with van der Waals surface area (Å²) in [5.41, 5.74) is 1.25. The molecule has 0 fully saturated rings. The summed E-state index contributed by atoms with van der Waals surface area (Å²) in [5, 5.41) is 6.90. The first-order chi connectivity index (χ1) is 9.76. The average Bonchev–Trinajstić information content (AvgIpc) is 2.84. The maximum absolute atomic E-state index is 12.3. The third-order valence-corrected chi connectivity index (χ3v) is 5.29. The maximum Gasteiger partial charge on any atom is 0.273 e. The fourth-order valence-corrected chi connectivity index (χ4v) is 2.97. The Kier molecular flexibility index (Phi) is 6.65. The fourth-order valence-electron chi connectivity index (χ4n) is 2.26. The molecule has 120 valence electrons. The number of nitrogens with one attached hydrogen (secondary N) is 1. The van der Waals surface area contributed by atoms with Crippen LogP contribution in [0.3, 0.4) is 0 Å². The van der Waals surface area contributed by atoms with Crippen LogP contribution >= 0.6 is 22.6 Å². The Hall–Kier alpha value is -0.630. The van der Waals surface area contributed by atoms with E-state index in [1.165, 1.54) is 0 Å². The minimum atomic E-state index is -0.155. The van der Waals surface area contributed by atoms with Crippen molar-refractivity contribution in [2.75, 3.05) is 20.6 Å². The Balaban J connectivity index is 2.76.